The second kappa shape index (κ2) is 6.10. The molecular formula is C16H17N5OS2. The van der Waals surface area contributed by atoms with Crippen LogP contribution in [-0.4, -0.2) is 51.6 Å². The van der Waals surface area contributed by atoms with Crippen molar-refractivity contribution in [3.63, 3.8) is 0 Å². The van der Waals surface area contributed by atoms with E-state index in [0.29, 0.717) is 23.7 Å². The molecule has 1 saturated heterocycles. The molecule has 4 rings (SSSR count). The molecule has 0 aliphatic carbocycles. The van der Waals surface area contributed by atoms with E-state index in [1.807, 2.05) is 11.8 Å². The van der Waals surface area contributed by atoms with Crippen LogP contribution in [0.4, 0.5) is 5.13 Å². The summed E-state index contributed by atoms with van der Waals surface area (Å²) in [7, 11) is 0. The second-order valence-electron chi connectivity index (χ2n) is 5.88. The lowest BCUT2D eigenvalue weighted by molar-refractivity contribution is 0.0750. The molecule has 1 fully saturated rings. The molecule has 1 amide bonds. The molecule has 3 aromatic rings. The van der Waals surface area contributed by atoms with Crippen molar-refractivity contribution in [3.05, 3.63) is 34.3 Å². The SMILES string of the molecule is Cc1nnsc1C(=O)N1CCN(c2nc3c(C)cccc3s2)CC1. The van der Waals surface area contributed by atoms with E-state index in [4.69, 9.17) is 4.98 Å². The van der Waals surface area contributed by atoms with E-state index < -0.39 is 0 Å². The van der Waals surface area contributed by atoms with E-state index in [1.54, 1.807) is 11.3 Å². The molecule has 0 radical (unpaired) electrons. The normalized spacial score (nSPS) is 15.2. The minimum atomic E-state index is 0.0438. The van der Waals surface area contributed by atoms with Crippen LogP contribution in [0, 0.1) is 13.8 Å². The second-order valence-corrected chi connectivity index (χ2v) is 7.65. The van der Waals surface area contributed by atoms with Crippen LogP contribution in [0.2, 0.25) is 0 Å². The van der Waals surface area contributed by atoms with Gasteiger partial charge in [-0.3, -0.25) is 4.79 Å². The Morgan fingerprint density at radius 2 is 1.96 bits per heavy atom. The first-order chi connectivity index (χ1) is 11.6. The Morgan fingerprint density at radius 3 is 2.62 bits per heavy atom. The van der Waals surface area contributed by atoms with Crippen molar-refractivity contribution < 1.29 is 4.79 Å². The predicted molar refractivity (Wildman–Crippen MR) is 97.1 cm³/mol. The monoisotopic (exact) mass is 359 g/mol. The minimum absolute atomic E-state index is 0.0438. The van der Waals surface area contributed by atoms with Crippen LogP contribution in [0.1, 0.15) is 20.9 Å². The summed E-state index contributed by atoms with van der Waals surface area (Å²) in [5, 5.41) is 4.97. The number of para-hydroxylation sites is 1. The van der Waals surface area contributed by atoms with Crippen molar-refractivity contribution in [2.24, 2.45) is 0 Å². The van der Waals surface area contributed by atoms with Gasteiger partial charge in [-0.25, -0.2) is 4.98 Å². The maximum absolute atomic E-state index is 12.5. The van der Waals surface area contributed by atoms with Crippen LogP contribution in [0.15, 0.2) is 18.2 Å². The van der Waals surface area contributed by atoms with Gasteiger partial charge in [0.25, 0.3) is 5.91 Å². The van der Waals surface area contributed by atoms with Gasteiger partial charge < -0.3 is 9.80 Å². The zero-order chi connectivity index (χ0) is 16.7. The number of carbonyl (C=O) groups excluding carboxylic acids is 1. The standard InChI is InChI=1S/C16H17N5OS2/c1-10-4-3-5-12-13(10)17-16(23-12)21-8-6-20(7-9-21)15(22)14-11(2)18-19-24-14/h3-5H,6-9H2,1-2H3. The molecule has 1 aliphatic heterocycles. The summed E-state index contributed by atoms with van der Waals surface area (Å²) in [6.07, 6.45) is 0. The fourth-order valence-electron chi connectivity index (χ4n) is 2.88. The molecule has 0 unspecified atom stereocenters. The molecule has 3 heterocycles. The highest BCUT2D eigenvalue weighted by Crippen LogP contribution is 2.31. The number of hydrogen-bond acceptors (Lipinski definition) is 7. The number of hydrogen-bond donors (Lipinski definition) is 0. The van der Waals surface area contributed by atoms with Crippen LogP contribution < -0.4 is 4.90 Å². The van der Waals surface area contributed by atoms with Crippen LogP contribution >= 0.6 is 22.9 Å². The van der Waals surface area contributed by atoms with Gasteiger partial charge >= 0.3 is 0 Å². The number of anilines is 1. The third-order valence-corrected chi connectivity index (χ3v) is 6.19. The average Bonchev–Trinajstić information content (AvgIpc) is 3.21. The summed E-state index contributed by atoms with van der Waals surface area (Å²) in [6, 6.07) is 6.28. The molecule has 0 N–H and O–H groups in total. The van der Waals surface area contributed by atoms with Crippen molar-refractivity contribution in [1.82, 2.24) is 19.5 Å². The predicted octanol–water partition coefficient (Wildman–Crippen LogP) is 2.73. The van der Waals surface area contributed by atoms with Gasteiger partial charge in [-0.05, 0) is 37.0 Å². The Hall–Kier alpha value is -2.06. The fraction of sp³-hybridized carbons (Fsp3) is 0.375. The van der Waals surface area contributed by atoms with E-state index >= 15 is 0 Å². The van der Waals surface area contributed by atoms with Crippen molar-refractivity contribution in [3.8, 4) is 0 Å². The van der Waals surface area contributed by atoms with Gasteiger partial charge in [0.15, 0.2) is 5.13 Å². The molecule has 0 atom stereocenters. The van der Waals surface area contributed by atoms with E-state index in [9.17, 15) is 4.79 Å². The Bertz CT molecular complexity index is 895. The van der Waals surface area contributed by atoms with E-state index in [2.05, 4.69) is 39.6 Å². The summed E-state index contributed by atoms with van der Waals surface area (Å²) >= 11 is 2.90. The molecule has 0 saturated carbocycles. The molecule has 24 heavy (non-hydrogen) atoms. The highest BCUT2D eigenvalue weighted by molar-refractivity contribution is 7.22. The molecule has 0 bridgehead atoms. The first-order valence-corrected chi connectivity index (χ1v) is 9.42. The van der Waals surface area contributed by atoms with Gasteiger partial charge in [-0.15, -0.1) is 5.10 Å². The molecule has 8 heteroatoms. The molecule has 1 aliphatic rings. The summed E-state index contributed by atoms with van der Waals surface area (Å²) in [5.41, 5.74) is 3.01. The Labute approximate surface area is 147 Å². The fourth-order valence-corrected chi connectivity index (χ4v) is 4.60. The molecular weight excluding hydrogens is 342 g/mol. The number of benzene rings is 1. The zero-order valence-corrected chi connectivity index (χ0v) is 15.2. The zero-order valence-electron chi connectivity index (χ0n) is 13.5. The van der Waals surface area contributed by atoms with Crippen molar-refractivity contribution >= 4 is 44.1 Å². The van der Waals surface area contributed by atoms with Gasteiger partial charge in [-0.2, -0.15) is 0 Å². The van der Waals surface area contributed by atoms with Crippen LogP contribution in [0.25, 0.3) is 10.2 Å². The maximum Gasteiger partial charge on any atom is 0.267 e. The highest BCUT2D eigenvalue weighted by Gasteiger charge is 2.26. The molecule has 2 aromatic heterocycles. The molecule has 0 spiro atoms. The number of rotatable bonds is 2. The largest absolute Gasteiger partial charge is 0.345 e. The lowest BCUT2D eigenvalue weighted by Crippen LogP contribution is -2.48. The third-order valence-electron chi connectivity index (χ3n) is 4.29. The molecule has 6 nitrogen and oxygen atoms in total. The number of aryl methyl sites for hydroxylation is 2. The van der Waals surface area contributed by atoms with Crippen molar-refractivity contribution in [2.45, 2.75) is 13.8 Å². The summed E-state index contributed by atoms with van der Waals surface area (Å²) < 4.78 is 5.08. The number of fused-ring (bicyclic) bond motifs is 1. The van der Waals surface area contributed by atoms with E-state index in [-0.39, 0.29) is 5.91 Å². The lowest BCUT2D eigenvalue weighted by Gasteiger charge is -2.34. The first kappa shape index (κ1) is 15.5. The lowest BCUT2D eigenvalue weighted by atomic mass is 10.2. The number of carbonyl (C=O) groups is 1. The maximum atomic E-state index is 12.5. The summed E-state index contributed by atoms with van der Waals surface area (Å²) in [6.45, 7) is 6.92. The Morgan fingerprint density at radius 1 is 1.17 bits per heavy atom. The van der Waals surface area contributed by atoms with Gasteiger partial charge in [0, 0.05) is 26.2 Å². The molecule has 124 valence electrons. The van der Waals surface area contributed by atoms with Crippen molar-refractivity contribution in [1.29, 1.82) is 0 Å². The number of thiazole rings is 1. The highest BCUT2D eigenvalue weighted by atomic mass is 32.1. The van der Waals surface area contributed by atoms with Gasteiger partial charge in [0.05, 0.1) is 15.9 Å². The van der Waals surface area contributed by atoms with Crippen LogP contribution in [-0.2, 0) is 0 Å². The number of nitrogens with zero attached hydrogens (tertiary/aromatic N) is 5. The van der Waals surface area contributed by atoms with Gasteiger partial charge in [-0.1, -0.05) is 28.0 Å². The molecule has 1 aromatic carbocycles. The number of aromatic nitrogens is 3. The van der Waals surface area contributed by atoms with Gasteiger partial charge in [0.1, 0.15) is 4.88 Å². The number of piperazine rings is 1. The van der Waals surface area contributed by atoms with Crippen LogP contribution in [0.3, 0.4) is 0 Å². The Balaban J connectivity index is 1.48. The topological polar surface area (TPSA) is 62.2 Å². The third kappa shape index (κ3) is 2.65. The summed E-state index contributed by atoms with van der Waals surface area (Å²) in [5.74, 6) is 0.0438. The van der Waals surface area contributed by atoms with Crippen molar-refractivity contribution in [2.75, 3.05) is 31.1 Å². The van der Waals surface area contributed by atoms with E-state index in [1.165, 1.54) is 21.8 Å². The van der Waals surface area contributed by atoms with Gasteiger partial charge in [0.2, 0.25) is 0 Å². The minimum Gasteiger partial charge on any atom is -0.345 e. The first-order valence-electron chi connectivity index (χ1n) is 7.83. The quantitative estimate of drug-likeness (QED) is 0.704. The van der Waals surface area contributed by atoms with E-state index in [0.717, 1.165) is 23.7 Å². The number of amides is 1. The van der Waals surface area contributed by atoms with Crippen LogP contribution in [0.5, 0.6) is 0 Å². The average molecular weight is 359 g/mol. The summed E-state index contributed by atoms with van der Waals surface area (Å²) in [4.78, 5) is 22.1. The smallest absolute Gasteiger partial charge is 0.267 e. The Kier molecular flexibility index (Phi) is 3.93.